The number of carbonyl (C=O) groups is 1. The number of halogens is 1. The maximum atomic E-state index is 12.0. The zero-order valence-corrected chi connectivity index (χ0v) is 13.5. The Balaban J connectivity index is 1.93. The first-order valence-corrected chi connectivity index (χ1v) is 7.75. The van der Waals surface area contributed by atoms with Crippen LogP contribution in [-0.2, 0) is 0 Å². The van der Waals surface area contributed by atoms with Crippen LogP contribution in [0.4, 0.5) is 11.5 Å². The molecule has 2 aromatic rings. The first-order valence-electron chi connectivity index (χ1n) is 6.96. The molecule has 4 nitrogen and oxygen atoms in total. The highest BCUT2D eigenvalue weighted by Gasteiger charge is 2.06. The van der Waals surface area contributed by atoms with Gasteiger partial charge in [0, 0.05) is 16.6 Å². The number of aromatic nitrogens is 1. The Bertz CT molecular complexity index is 581. The molecule has 0 aliphatic carbocycles. The largest absolute Gasteiger partial charge is 0.384 e. The lowest BCUT2D eigenvalue weighted by atomic mass is 10.2. The molecule has 0 radical (unpaired) electrons. The van der Waals surface area contributed by atoms with Crippen molar-refractivity contribution in [2.75, 3.05) is 17.2 Å². The van der Waals surface area contributed by atoms with Gasteiger partial charge in [-0.15, -0.1) is 0 Å². The summed E-state index contributed by atoms with van der Waals surface area (Å²) in [6, 6.07) is 10.9. The maximum Gasteiger partial charge on any atom is 0.256 e. The molecule has 1 aromatic carbocycles. The molecule has 0 fully saturated rings. The molecule has 0 spiro atoms. The summed E-state index contributed by atoms with van der Waals surface area (Å²) >= 11 is 3.34. The van der Waals surface area contributed by atoms with Gasteiger partial charge in [0.15, 0.2) is 0 Å². The van der Waals surface area contributed by atoms with E-state index in [0.717, 1.165) is 29.5 Å². The summed E-state index contributed by atoms with van der Waals surface area (Å²) in [5.41, 5.74) is 1.57. The van der Waals surface area contributed by atoms with Crippen molar-refractivity contribution >= 4 is 33.3 Å². The molecular formula is C16H18BrN3O. The highest BCUT2D eigenvalue weighted by Crippen LogP contribution is 2.13. The molecule has 2 N–H and O–H groups in total. The minimum absolute atomic E-state index is 0.165. The molecule has 0 unspecified atom stereocenters. The third-order valence-corrected chi connectivity index (χ3v) is 3.50. The van der Waals surface area contributed by atoms with E-state index in [9.17, 15) is 4.79 Å². The van der Waals surface area contributed by atoms with Crippen molar-refractivity contribution in [1.82, 2.24) is 4.98 Å². The fourth-order valence-corrected chi connectivity index (χ4v) is 2.04. The predicted molar refractivity (Wildman–Crippen MR) is 89.7 cm³/mol. The van der Waals surface area contributed by atoms with Crippen molar-refractivity contribution in [3.05, 3.63) is 52.6 Å². The van der Waals surface area contributed by atoms with Crippen LogP contribution < -0.4 is 10.6 Å². The summed E-state index contributed by atoms with van der Waals surface area (Å²) in [5, 5.41) is 6.06. The van der Waals surface area contributed by atoms with Crippen LogP contribution in [0.1, 0.15) is 30.1 Å². The van der Waals surface area contributed by atoms with Crippen LogP contribution in [-0.4, -0.2) is 17.4 Å². The number of nitrogens with zero attached hydrogens (tertiary/aromatic N) is 1. The lowest BCUT2D eigenvalue weighted by Crippen LogP contribution is -2.12. The van der Waals surface area contributed by atoms with Crippen LogP contribution in [0.15, 0.2) is 47.1 Å². The summed E-state index contributed by atoms with van der Waals surface area (Å²) in [6.45, 7) is 3.09. The van der Waals surface area contributed by atoms with Crippen molar-refractivity contribution < 1.29 is 4.79 Å². The van der Waals surface area contributed by atoms with Gasteiger partial charge in [0.2, 0.25) is 0 Å². The first-order chi connectivity index (χ1) is 10.2. The third-order valence-electron chi connectivity index (χ3n) is 2.97. The van der Waals surface area contributed by atoms with Gasteiger partial charge in [0.1, 0.15) is 5.82 Å². The molecular weight excluding hydrogens is 330 g/mol. The fraction of sp³-hybridized carbons (Fsp3) is 0.250. The summed E-state index contributed by atoms with van der Waals surface area (Å²) in [7, 11) is 0. The zero-order valence-electron chi connectivity index (χ0n) is 11.9. The highest BCUT2D eigenvalue weighted by atomic mass is 79.9. The van der Waals surface area contributed by atoms with E-state index in [4.69, 9.17) is 0 Å². The van der Waals surface area contributed by atoms with E-state index in [2.05, 4.69) is 38.5 Å². The molecule has 0 aliphatic heterocycles. The summed E-state index contributed by atoms with van der Waals surface area (Å²) in [5.74, 6) is 0.380. The molecule has 21 heavy (non-hydrogen) atoms. The molecule has 1 aromatic heterocycles. The van der Waals surface area contributed by atoms with Gasteiger partial charge in [-0.3, -0.25) is 4.79 Å². The van der Waals surface area contributed by atoms with Gasteiger partial charge >= 0.3 is 0 Å². The second-order valence-electron chi connectivity index (χ2n) is 4.67. The lowest BCUT2D eigenvalue weighted by molar-refractivity contribution is 0.102. The van der Waals surface area contributed by atoms with E-state index in [1.165, 1.54) is 0 Å². The summed E-state index contributed by atoms with van der Waals surface area (Å²) in [4.78, 5) is 16.3. The minimum atomic E-state index is -0.165. The number of unbranched alkanes of at least 4 members (excludes halogenated alkanes) is 1. The molecule has 0 atom stereocenters. The summed E-state index contributed by atoms with van der Waals surface area (Å²) in [6.07, 6.45) is 4.01. The Morgan fingerprint density at radius 3 is 2.57 bits per heavy atom. The SMILES string of the molecule is CCCCNc1ccc(NC(=O)c2ccc(Br)cc2)nc1. The maximum absolute atomic E-state index is 12.0. The average molecular weight is 348 g/mol. The van der Waals surface area contributed by atoms with Crippen LogP contribution in [0.3, 0.4) is 0 Å². The van der Waals surface area contributed by atoms with Gasteiger partial charge < -0.3 is 10.6 Å². The number of benzene rings is 1. The first kappa shape index (κ1) is 15.5. The quantitative estimate of drug-likeness (QED) is 0.765. The number of carbonyl (C=O) groups excluding carboxylic acids is 1. The lowest BCUT2D eigenvalue weighted by Gasteiger charge is -2.07. The Labute approximate surface area is 133 Å². The van der Waals surface area contributed by atoms with Gasteiger partial charge in [-0.25, -0.2) is 4.98 Å². The Morgan fingerprint density at radius 1 is 1.19 bits per heavy atom. The standard InChI is InChI=1S/C16H18BrN3O/c1-2-3-10-18-14-8-9-15(19-11-14)20-16(21)12-4-6-13(17)7-5-12/h4-9,11,18H,2-3,10H2,1H3,(H,19,20,21). The molecule has 0 saturated carbocycles. The van der Waals surface area contributed by atoms with Crippen molar-refractivity contribution in [3.63, 3.8) is 0 Å². The van der Waals surface area contributed by atoms with E-state index >= 15 is 0 Å². The van der Waals surface area contributed by atoms with Crippen LogP contribution >= 0.6 is 15.9 Å². The van der Waals surface area contributed by atoms with Crippen LogP contribution in [0.5, 0.6) is 0 Å². The average Bonchev–Trinajstić information content (AvgIpc) is 2.50. The fourth-order valence-electron chi connectivity index (χ4n) is 1.77. The molecule has 1 amide bonds. The normalized spacial score (nSPS) is 10.2. The van der Waals surface area contributed by atoms with E-state index in [0.29, 0.717) is 11.4 Å². The molecule has 2 rings (SSSR count). The van der Waals surface area contributed by atoms with Crippen LogP contribution in [0.2, 0.25) is 0 Å². The molecule has 0 bridgehead atoms. The molecule has 0 aliphatic rings. The van der Waals surface area contributed by atoms with E-state index < -0.39 is 0 Å². The topological polar surface area (TPSA) is 54.0 Å². The monoisotopic (exact) mass is 347 g/mol. The Kier molecular flexibility index (Phi) is 5.75. The van der Waals surface area contributed by atoms with Gasteiger partial charge in [0.25, 0.3) is 5.91 Å². The second kappa shape index (κ2) is 7.78. The number of anilines is 2. The van der Waals surface area contributed by atoms with Crippen molar-refractivity contribution in [2.24, 2.45) is 0 Å². The molecule has 110 valence electrons. The number of nitrogens with one attached hydrogen (secondary N) is 2. The third kappa shape index (κ3) is 4.86. The molecule has 5 heteroatoms. The van der Waals surface area contributed by atoms with Crippen molar-refractivity contribution in [3.8, 4) is 0 Å². The van der Waals surface area contributed by atoms with Gasteiger partial charge in [0.05, 0.1) is 11.9 Å². The number of rotatable bonds is 6. The molecule has 1 heterocycles. The van der Waals surface area contributed by atoms with Gasteiger partial charge in [-0.2, -0.15) is 0 Å². The van der Waals surface area contributed by atoms with Crippen molar-refractivity contribution in [2.45, 2.75) is 19.8 Å². The van der Waals surface area contributed by atoms with E-state index in [1.807, 2.05) is 18.2 Å². The number of hydrogen-bond acceptors (Lipinski definition) is 3. The predicted octanol–water partition coefficient (Wildman–Crippen LogP) is 4.31. The van der Waals surface area contributed by atoms with E-state index in [1.54, 1.807) is 24.4 Å². The van der Waals surface area contributed by atoms with Crippen LogP contribution in [0.25, 0.3) is 0 Å². The smallest absolute Gasteiger partial charge is 0.256 e. The zero-order chi connectivity index (χ0) is 15.1. The summed E-state index contributed by atoms with van der Waals surface area (Å²) < 4.78 is 0.944. The second-order valence-corrected chi connectivity index (χ2v) is 5.59. The Morgan fingerprint density at radius 2 is 1.95 bits per heavy atom. The van der Waals surface area contributed by atoms with Gasteiger partial charge in [-0.1, -0.05) is 29.3 Å². The number of hydrogen-bond donors (Lipinski definition) is 2. The molecule has 0 saturated heterocycles. The minimum Gasteiger partial charge on any atom is -0.384 e. The van der Waals surface area contributed by atoms with E-state index in [-0.39, 0.29) is 5.91 Å². The Hall–Kier alpha value is -1.88. The highest BCUT2D eigenvalue weighted by molar-refractivity contribution is 9.10. The van der Waals surface area contributed by atoms with Crippen LogP contribution in [0, 0.1) is 0 Å². The number of amides is 1. The van der Waals surface area contributed by atoms with Gasteiger partial charge in [-0.05, 0) is 42.8 Å². The number of pyridine rings is 1. The van der Waals surface area contributed by atoms with Crippen molar-refractivity contribution in [1.29, 1.82) is 0 Å².